The van der Waals surface area contributed by atoms with Gasteiger partial charge in [0.2, 0.25) is 5.60 Å². The average Bonchev–Trinajstić information content (AvgIpc) is 2.62. The van der Waals surface area contributed by atoms with Crippen molar-refractivity contribution in [3.63, 3.8) is 0 Å². The van der Waals surface area contributed by atoms with Gasteiger partial charge in [0, 0.05) is 6.61 Å². The smallest absolute Gasteiger partial charge is 0.347 e. The predicted molar refractivity (Wildman–Crippen MR) is 91.2 cm³/mol. The van der Waals surface area contributed by atoms with E-state index in [1.165, 1.54) is 0 Å². The Kier molecular flexibility index (Phi) is 6.36. The summed E-state index contributed by atoms with van der Waals surface area (Å²) in [6, 6.07) is 19.2. The summed E-state index contributed by atoms with van der Waals surface area (Å²) in [6.07, 6.45) is 1.60. The number of esters is 1. The highest BCUT2D eigenvalue weighted by Gasteiger charge is 2.44. The van der Waals surface area contributed by atoms with E-state index in [1.807, 2.05) is 74.5 Å². The van der Waals surface area contributed by atoms with Crippen molar-refractivity contribution in [3.05, 3.63) is 71.8 Å². The van der Waals surface area contributed by atoms with Crippen LogP contribution in [0.25, 0.3) is 0 Å². The molecule has 3 nitrogen and oxygen atoms in total. The SMILES string of the molecule is CCCOC(=O)C(OCCC)(c1ccccc1)c1ccccc1. The van der Waals surface area contributed by atoms with Crippen LogP contribution in [0.3, 0.4) is 0 Å². The van der Waals surface area contributed by atoms with Gasteiger partial charge in [-0.3, -0.25) is 0 Å². The summed E-state index contributed by atoms with van der Waals surface area (Å²) in [6.45, 7) is 4.87. The van der Waals surface area contributed by atoms with Gasteiger partial charge in [0.05, 0.1) is 6.61 Å². The summed E-state index contributed by atoms with van der Waals surface area (Å²) in [5.41, 5.74) is 0.370. The van der Waals surface area contributed by atoms with Gasteiger partial charge in [-0.15, -0.1) is 0 Å². The van der Waals surface area contributed by atoms with Crippen molar-refractivity contribution in [2.75, 3.05) is 13.2 Å². The zero-order valence-electron chi connectivity index (χ0n) is 13.8. The molecule has 0 aromatic heterocycles. The third kappa shape index (κ3) is 3.80. The molecule has 2 rings (SSSR count). The Hall–Kier alpha value is -2.13. The highest BCUT2D eigenvalue weighted by Crippen LogP contribution is 2.35. The molecule has 0 spiro atoms. The quantitative estimate of drug-likeness (QED) is 0.681. The molecular formula is C20H24O3. The molecule has 0 saturated carbocycles. The standard InChI is InChI=1S/C20H24O3/c1-3-15-22-19(21)20(23-16-4-2,17-11-7-5-8-12-17)18-13-9-6-10-14-18/h5-14H,3-4,15-16H2,1-2H3. The highest BCUT2D eigenvalue weighted by atomic mass is 16.6. The first kappa shape index (κ1) is 17.2. The zero-order valence-corrected chi connectivity index (χ0v) is 13.8. The van der Waals surface area contributed by atoms with Crippen molar-refractivity contribution in [2.24, 2.45) is 0 Å². The van der Waals surface area contributed by atoms with Gasteiger partial charge in [0.25, 0.3) is 0 Å². The van der Waals surface area contributed by atoms with E-state index in [-0.39, 0.29) is 5.97 Å². The normalized spacial score (nSPS) is 11.2. The molecule has 0 aliphatic carbocycles. The molecule has 23 heavy (non-hydrogen) atoms. The minimum absolute atomic E-state index is 0.356. The maximum atomic E-state index is 13.0. The van der Waals surface area contributed by atoms with Crippen LogP contribution in [0.15, 0.2) is 60.7 Å². The average molecular weight is 312 g/mol. The topological polar surface area (TPSA) is 35.5 Å². The Morgan fingerprint density at radius 1 is 0.826 bits per heavy atom. The molecule has 2 aromatic carbocycles. The first-order chi connectivity index (χ1) is 11.3. The van der Waals surface area contributed by atoms with E-state index >= 15 is 0 Å². The summed E-state index contributed by atoms with van der Waals surface area (Å²) in [5.74, 6) is -0.356. The molecule has 0 radical (unpaired) electrons. The van der Waals surface area contributed by atoms with Crippen molar-refractivity contribution in [3.8, 4) is 0 Å². The second-order valence-corrected chi connectivity index (χ2v) is 5.40. The zero-order chi connectivity index (χ0) is 16.5. The molecule has 122 valence electrons. The van der Waals surface area contributed by atoms with Crippen LogP contribution in [0.2, 0.25) is 0 Å². The van der Waals surface area contributed by atoms with Gasteiger partial charge >= 0.3 is 5.97 Å². The summed E-state index contributed by atoms with van der Waals surface area (Å²) < 4.78 is 11.6. The van der Waals surface area contributed by atoms with E-state index in [1.54, 1.807) is 0 Å². The summed E-state index contributed by atoms with van der Waals surface area (Å²) in [5, 5.41) is 0. The number of hydrogen-bond acceptors (Lipinski definition) is 3. The summed E-state index contributed by atoms with van der Waals surface area (Å²) >= 11 is 0. The van der Waals surface area contributed by atoms with Crippen molar-refractivity contribution in [2.45, 2.75) is 32.3 Å². The molecular weight excluding hydrogens is 288 g/mol. The van der Waals surface area contributed by atoms with Gasteiger partial charge in [0.15, 0.2) is 0 Å². The number of benzene rings is 2. The second kappa shape index (κ2) is 8.49. The molecule has 0 unspecified atom stereocenters. The van der Waals surface area contributed by atoms with Gasteiger partial charge in [-0.2, -0.15) is 0 Å². The highest BCUT2D eigenvalue weighted by molar-refractivity contribution is 5.85. The van der Waals surface area contributed by atoms with Crippen LogP contribution >= 0.6 is 0 Å². The molecule has 0 amide bonds. The van der Waals surface area contributed by atoms with E-state index in [4.69, 9.17) is 9.47 Å². The fourth-order valence-electron chi connectivity index (χ4n) is 2.53. The Bertz CT molecular complexity index is 553. The lowest BCUT2D eigenvalue weighted by Crippen LogP contribution is -2.42. The number of rotatable bonds is 8. The minimum Gasteiger partial charge on any atom is -0.463 e. The lowest BCUT2D eigenvalue weighted by Gasteiger charge is -2.32. The van der Waals surface area contributed by atoms with Gasteiger partial charge in [-0.1, -0.05) is 74.5 Å². The molecule has 0 atom stereocenters. The molecule has 0 bridgehead atoms. The van der Waals surface area contributed by atoms with Crippen molar-refractivity contribution in [1.82, 2.24) is 0 Å². The lowest BCUT2D eigenvalue weighted by molar-refractivity contribution is -0.168. The molecule has 0 fully saturated rings. The van der Waals surface area contributed by atoms with Crippen LogP contribution in [0.4, 0.5) is 0 Å². The molecule has 3 heteroatoms. The first-order valence-electron chi connectivity index (χ1n) is 8.18. The Balaban J connectivity index is 2.56. The van der Waals surface area contributed by atoms with Crippen molar-refractivity contribution in [1.29, 1.82) is 0 Å². The van der Waals surface area contributed by atoms with Crippen LogP contribution in [-0.4, -0.2) is 19.2 Å². The predicted octanol–water partition coefficient (Wildman–Crippen LogP) is 4.31. The molecule has 2 aromatic rings. The van der Waals surface area contributed by atoms with Crippen molar-refractivity contribution >= 4 is 5.97 Å². The molecule has 0 N–H and O–H groups in total. The van der Waals surface area contributed by atoms with Crippen LogP contribution in [-0.2, 0) is 19.9 Å². The van der Waals surface area contributed by atoms with E-state index in [2.05, 4.69) is 0 Å². The third-order valence-electron chi connectivity index (χ3n) is 3.61. The van der Waals surface area contributed by atoms with Gasteiger partial charge in [-0.05, 0) is 24.0 Å². The van der Waals surface area contributed by atoms with Crippen LogP contribution in [0.1, 0.15) is 37.8 Å². The Morgan fingerprint density at radius 2 is 1.30 bits per heavy atom. The van der Waals surface area contributed by atoms with Crippen LogP contribution < -0.4 is 0 Å². The summed E-state index contributed by atoms with van der Waals surface area (Å²) in [7, 11) is 0. The fourth-order valence-corrected chi connectivity index (χ4v) is 2.53. The fraction of sp³-hybridized carbons (Fsp3) is 0.350. The maximum Gasteiger partial charge on any atom is 0.347 e. The Labute approximate surface area is 138 Å². The lowest BCUT2D eigenvalue weighted by atomic mass is 9.86. The van der Waals surface area contributed by atoms with Gasteiger partial charge in [0.1, 0.15) is 0 Å². The number of hydrogen-bond donors (Lipinski definition) is 0. The van der Waals surface area contributed by atoms with E-state index < -0.39 is 5.60 Å². The Morgan fingerprint density at radius 3 is 1.74 bits per heavy atom. The van der Waals surface area contributed by atoms with E-state index in [9.17, 15) is 4.79 Å². The number of carbonyl (C=O) groups excluding carboxylic acids is 1. The molecule has 0 aliphatic heterocycles. The molecule has 0 heterocycles. The number of carbonyl (C=O) groups is 1. The van der Waals surface area contributed by atoms with Gasteiger partial charge in [-0.25, -0.2) is 4.79 Å². The van der Waals surface area contributed by atoms with Crippen LogP contribution in [0, 0.1) is 0 Å². The largest absolute Gasteiger partial charge is 0.463 e. The van der Waals surface area contributed by atoms with Crippen molar-refractivity contribution < 1.29 is 14.3 Å². The minimum atomic E-state index is -1.21. The summed E-state index contributed by atoms with van der Waals surface area (Å²) in [4.78, 5) is 13.0. The van der Waals surface area contributed by atoms with E-state index in [0.29, 0.717) is 13.2 Å². The maximum absolute atomic E-state index is 13.0. The first-order valence-corrected chi connectivity index (χ1v) is 8.18. The third-order valence-corrected chi connectivity index (χ3v) is 3.61. The monoisotopic (exact) mass is 312 g/mol. The molecule has 0 aliphatic rings. The van der Waals surface area contributed by atoms with E-state index in [0.717, 1.165) is 24.0 Å². The molecule has 0 saturated heterocycles. The van der Waals surface area contributed by atoms with Gasteiger partial charge < -0.3 is 9.47 Å². The second-order valence-electron chi connectivity index (χ2n) is 5.40. The number of ether oxygens (including phenoxy) is 2. The van der Waals surface area contributed by atoms with Crippen LogP contribution in [0.5, 0.6) is 0 Å².